The first-order valence-corrected chi connectivity index (χ1v) is 23.2. The first kappa shape index (κ1) is 60.0. The molecule has 374 valence electrons. The van der Waals surface area contributed by atoms with Crippen LogP contribution in [0.5, 0.6) is 0 Å². The van der Waals surface area contributed by atoms with Crippen molar-refractivity contribution in [3.63, 3.8) is 0 Å². The summed E-state index contributed by atoms with van der Waals surface area (Å²) < 4.78 is 0. The van der Waals surface area contributed by atoms with Gasteiger partial charge < -0.3 is 67.1 Å². The minimum absolute atomic E-state index is 0.00981. The number of hydrogen-bond donors (Lipinski definition) is 13. The lowest BCUT2D eigenvalue weighted by molar-refractivity contribution is -0.135. The van der Waals surface area contributed by atoms with E-state index in [9.17, 15) is 38.4 Å². The zero-order chi connectivity index (χ0) is 50.4. The maximum Gasteiger partial charge on any atom is 0.239 e. The fourth-order valence-electron chi connectivity index (χ4n) is 6.37. The van der Waals surface area contributed by atoms with Crippen LogP contribution in [0.2, 0.25) is 0 Å². The molecule has 0 spiro atoms. The summed E-state index contributed by atoms with van der Waals surface area (Å²) in [5.74, 6) is -7.03. The van der Waals surface area contributed by atoms with Gasteiger partial charge in [-0.05, 0) is 51.4 Å². The van der Waals surface area contributed by atoms with Crippen molar-refractivity contribution in [2.24, 2.45) is 84.5 Å². The Morgan fingerprint density at radius 1 is 0.530 bits per heavy atom. The number of nitrogens with zero attached hydrogens (tertiary/aromatic N) is 3. The summed E-state index contributed by atoms with van der Waals surface area (Å²) >= 11 is 1.37. The number of ketones is 3. The van der Waals surface area contributed by atoms with Crippen LogP contribution >= 0.6 is 11.8 Å². The van der Waals surface area contributed by atoms with E-state index in [4.69, 9.17) is 51.3 Å². The number of primary amides is 1. The van der Waals surface area contributed by atoms with Crippen molar-refractivity contribution in [2.75, 3.05) is 31.3 Å². The molecule has 5 amide bonds. The molecule has 0 bridgehead atoms. The largest absolute Gasteiger partial charge is 0.388 e. The van der Waals surface area contributed by atoms with Crippen LogP contribution in [-0.2, 0) is 38.4 Å². The molecule has 21 N–H and O–H groups in total. The van der Waals surface area contributed by atoms with Crippen LogP contribution in [0.4, 0.5) is 0 Å². The first-order valence-electron chi connectivity index (χ1n) is 22.0. The van der Waals surface area contributed by atoms with Crippen molar-refractivity contribution in [3.05, 3.63) is 0 Å². The number of aliphatic imine (C=N–C) groups is 3. The molecule has 0 aliphatic heterocycles. The number of Topliss-reactive ketones (excluding diaryl/α,β-unsaturated/α-hetero) is 3. The van der Waals surface area contributed by atoms with Gasteiger partial charge in [0, 0.05) is 81.7 Å². The summed E-state index contributed by atoms with van der Waals surface area (Å²) in [6, 6.07) is -3.30. The van der Waals surface area contributed by atoms with Crippen molar-refractivity contribution in [2.45, 2.75) is 129 Å². The number of unbranched alkanes of at least 4 members (excludes halogenated alkanes) is 1. The van der Waals surface area contributed by atoms with Gasteiger partial charge in [0.2, 0.25) is 29.5 Å². The van der Waals surface area contributed by atoms with Gasteiger partial charge in [0.1, 0.15) is 11.8 Å². The molecule has 24 nitrogen and oxygen atoms in total. The van der Waals surface area contributed by atoms with Crippen LogP contribution in [0, 0.1) is 29.1 Å². The highest BCUT2D eigenvalue weighted by molar-refractivity contribution is 7.99. The molecule has 0 aliphatic carbocycles. The summed E-state index contributed by atoms with van der Waals surface area (Å²) in [5, 5.41) is 18.1. The summed E-state index contributed by atoms with van der Waals surface area (Å²) in [7, 11) is 0. The second-order valence-electron chi connectivity index (χ2n) is 16.4. The minimum Gasteiger partial charge on any atom is -0.388 e. The van der Waals surface area contributed by atoms with E-state index in [0.29, 0.717) is 30.9 Å². The van der Waals surface area contributed by atoms with E-state index in [1.54, 1.807) is 13.8 Å². The molecule has 66 heavy (non-hydrogen) atoms. The molecule has 0 saturated carbocycles. The first-order chi connectivity index (χ1) is 30.9. The van der Waals surface area contributed by atoms with Crippen molar-refractivity contribution in [1.29, 1.82) is 5.41 Å². The molecule has 0 rings (SSSR count). The predicted octanol–water partition coefficient (Wildman–Crippen LogP) is -2.19. The van der Waals surface area contributed by atoms with Gasteiger partial charge in [-0.15, -0.1) is 11.8 Å². The quantitative estimate of drug-likeness (QED) is 0.0136. The van der Waals surface area contributed by atoms with Gasteiger partial charge in [-0.1, -0.05) is 27.2 Å². The average Bonchev–Trinajstić information content (AvgIpc) is 3.22. The van der Waals surface area contributed by atoms with E-state index in [2.05, 4.69) is 36.2 Å². The number of carbonyl (C=O) groups excluding carboxylic acids is 8. The normalized spacial score (nSPS) is 14.0. The van der Waals surface area contributed by atoms with Crippen LogP contribution in [0.15, 0.2) is 15.0 Å². The zero-order valence-corrected chi connectivity index (χ0v) is 39.7. The summed E-state index contributed by atoms with van der Waals surface area (Å²) in [6.07, 6.45) is 1.62. The molecule has 0 fully saturated rings. The Bertz CT molecular complexity index is 1720. The molecule has 0 aromatic rings. The van der Waals surface area contributed by atoms with Gasteiger partial charge in [-0.2, -0.15) is 0 Å². The molecule has 1 unspecified atom stereocenters. The number of amides is 5. The lowest BCUT2D eigenvalue weighted by Gasteiger charge is -2.25. The Balaban J connectivity index is 6.39. The molecule has 0 saturated heterocycles. The summed E-state index contributed by atoms with van der Waals surface area (Å²) in [5.41, 5.74) is 43.9. The van der Waals surface area contributed by atoms with Crippen molar-refractivity contribution >= 4 is 82.4 Å². The number of carbonyl (C=O) groups is 8. The lowest BCUT2D eigenvalue weighted by atomic mass is 9.90. The number of guanidine groups is 3. The molecule has 0 aliphatic rings. The van der Waals surface area contributed by atoms with E-state index >= 15 is 0 Å². The highest BCUT2D eigenvalue weighted by Gasteiger charge is 2.32. The van der Waals surface area contributed by atoms with E-state index in [-0.39, 0.29) is 119 Å². The third kappa shape index (κ3) is 28.7. The standard InChI is InChI=1S/C41H76N16O8S/c1-23(18-31(59)25(3)21-66-22-54-26(4)58)36(63)55-29(13-9-17-53-41(49)50)33(61)20-27(10-7-15-51-39(45)46)38(65)56-28(12-8-16-52-40(47)48)32(60)19-24(2)37(64)57-30(35(44)62)11-5-6-14-34(42)43/h23-25,27-30H,5-22H2,1-4H3,(H3,42,43)(H2,44,62)(H,54,58)(H,55,63)(H,56,65)(H,57,64)(H4,45,46,51)(H4,47,48,52)(H4,49,50,53)/t23-,24-,25+,27-,28+,29+,30?/m0/s1. The number of amidine groups is 1. The topological polar surface area (TPSA) is 454 Å². The third-order valence-electron chi connectivity index (χ3n) is 10.2. The van der Waals surface area contributed by atoms with E-state index in [1.807, 2.05) is 0 Å². The van der Waals surface area contributed by atoms with Crippen molar-refractivity contribution in [3.8, 4) is 0 Å². The Labute approximate surface area is 391 Å². The second-order valence-corrected chi connectivity index (χ2v) is 17.4. The smallest absolute Gasteiger partial charge is 0.239 e. The number of thioether (sulfide) groups is 1. The maximum absolute atomic E-state index is 14.2. The van der Waals surface area contributed by atoms with Crippen molar-refractivity contribution in [1.82, 2.24) is 21.3 Å². The zero-order valence-electron chi connectivity index (χ0n) is 38.9. The molecule has 0 aromatic carbocycles. The van der Waals surface area contributed by atoms with Gasteiger partial charge >= 0.3 is 0 Å². The number of hydrogen-bond acceptors (Lipinski definition) is 13. The monoisotopic (exact) mass is 953 g/mol. The number of nitrogens with one attached hydrogen (secondary N) is 5. The summed E-state index contributed by atoms with van der Waals surface area (Å²) in [4.78, 5) is 117. The molecule has 25 heteroatoms. The van der Waals surface area contributed by atoms with E-state index in [1.165, 1.54) is 25.6 Å². The fourth-order valence-corrected chi connectivity index (χ4v) is 7.33. The number of rotatable bonds is 37. The molecular weight excluding hydrogens is 877 g/mol. The van der Waals surface area contributed by atoms with Gasteiger partial charge in [-0.3, -0.25) is 58.7 Å². The van der Waals surface area contributed by atoms with Gasteiger partial charge in [0.05, 0.1) is 23.8 Å². The highest BCUT2D eigenvalue weighted by atomic mass is 32.2. The highest BCUT2D eigenvalue weighted by Crippen LogP contribution is 2.20. The van der Waals surface area contributed by atoms with Crippen LogP contribution in [0.3, 0.4) is 0 Å². The third-order valence-corrected chi connectivity index (χ3v) is 11.3. The van der Waals surface area contributed by atoms with E-state index in [0.717, 1.165) is 0 Å². The molecule has 0 radical (unpaired) electrons. The predicted molar refractivity (Wildman–Crippen MR) is 256 cm³/mol. The maximum atomic E-state index is 14.2. The van der Waals surface area contributed by atoms with Gasteiger partial charge in [0.25, 0.3) is 0 Å². The number of nitrogens with two attached hydrogens (primary N) is 8. The van der Waals surface area contributed by atoms with Gasteiger partial charge in [-0.25, -0.2) is 0 Å². The second kappa shape index (κ2) is 33.5. The van der Waals surface area contributed by atoms with Crippen LogP contribution in [-0.4, -0.2) is 120 Å². The van der Waals surface area contributed by atoms with Crippen LogP contribution < -0.4 is 67.1 Å². The Morgan fingerprint density at radius 2 is 0.955 bits per heavy atom. The minimum atomic E-state index is -1.16. The molecule has 0 heterocycles. The fraction of sp³-hybridized carbons (Fsp3) is 0.707. The van der Waals surface area contributed by atoms with E-state index < -0.39 is 77.0 Å². The van der Waals surface area contributed by atoms with Crippen LogP contribution in [0.25, 0.3) is 0 Å². The lowest BCUT2D eigenvalue weighted by Crippen LogP contribution is -2.48. The van der Waals surface area contributed by atoms with Crippen LogP contribution in [0.1, 0.15) is 111 Å². The Morgan fingerprint density at radius 3 is 1.41 bits per heavy atom. The molecular formula is C41H76N16O8S. The van der Waals surface area contributed by atoms with Crippen molar-refractivity contribution < 1.29 is 38.4 Å². The molecule has 7 atom stereocenters. The van der Waals surface area contributed by atoms with Gasteiger partial charge in [0.15, 0.2) is 29.4 Å². The Hall–Kier alpha value is -6.01. The average molecular weight is 953 g/mol. The Kier molecular flexibility index (Phi) is 30.4. The SMILES string of the molecule is CC(=O)NCSC[C@@H](C)C(=O)C[C@H](C)C(=O)N[C@H](CCCN=C(N)N)C(=O)C[C@H](CCCN=C(N)N)C(=O)N[C@H](CCCN=C(N)N)C(=O)C[C@H](C)C(=O)NC(CCCCC(=N)N)C(N)=O. The summed E-state index contributed by atoms with van der Waals surface area (Å²) in [6.45, 7) is 6.53. The molecule has 0 aromatic heterocycles.